The monoisotopic (exact) mass is 425 g/mol. The van der Waals surface area contributed by atoms with Crippen LogP contribution in [-0.2, 0) is 0 Å². The van der Waals surface area contributed by atoms with Crippen molar-refractivity contribution in [1.29, 1.82) is 0 Å². The van der Waals surface area contributed by atoms with E-state index >= 15 is 0 Å². The Labute approximate surface area is 143 Å². The Morgan fingerprint density at radius 1 is 1.19 bits per heavy atom. The minimum atomic E-state index is -0.0386. The van der Waals surface area contributed by atoms with Crippen LogP contribution in [0.25, 0.3) is 10.9 Å². The number of aromatic nitrogens is 1. The van der Waals surface area contributed by atoms with Crippen molar-refractivity contribution in [3.8, 4) is 0 Å². The highest BCUT2D eigenvalue weighted by Crippen LogP contribution is 2.37. The highest BCUT2D eigenvalue weighted by molar-refractivity contribution is 9.13. The molecule has 1 atom stereocenters. The number of fused-ring (bicyclic) bond motifs is 1. The second kappa shape index (κ2) is 6.14. The molecule has 108 valence electrons. The van der Waals surface area contributed by atoms with Crippen LogP contribution in [0.5, 0.6) is 0 Å². The van der Waals surface area contributed by atoms with Gasteiger partial charge in [0.15, 0.2) is 0 Å². The van der Waals surface area contributed by atoms with E-state index in [1.165, 1.54) is 0 Å². The molecule has 0 amide bonds. The summed E-state index contributed by atoms with van der Waals surface area (Å²) in [6, 6.07) is 12.4. The fourth-order valence-corrected chi connectivity index (χ4v) is 4.45. The predicted molar refractivity (Wildman–Crippen MR) is 95.4 cm³/mol. The van der Waals surface area contributed by atoms with Crippen molar-refractivity contribution < 1.29 is 0 Å². The minimum absolute atomic E-state index is 0.0386. The van der Waals surface area contributed by atoms with Crippen molar-refractivity contribution in [2.75, 3.05) is 0 Å². The molecule has 0 spiro atoms. The number of nitrogens with one attached hydrogen (secondary N) is 1. The summed E-state index contributed by atoms with van der Waals surface area (Å²) < 4.78 is 2.11. The molecule has 2 heterocycles. The smallest absolute Gasteiger partial charge is 0.0843 e. The SMILES string of the molecule is Cc1ccc2cc(C(NN)c3cc(Br)c(Br)s3)ccc2n1. The van der Waals surface area contributed by atoms with Gasteiger partial charge < -0.3 is 0 Å². The van der Waals surface area contributed by atoms with E-state index in [0.717, 1.165) is 35.3 Å². The predicted octanol–water partition coefficient (Wildman–Crippen LogP) is 4.68. The van der Waals surface area contributed by atoms with Gasteiger partial charge in [0.1, 0.15) is 0 Å². The molecule has 0 aliphatic heterocycles. The number of benzene rings is 1. The lowest BCUT2D eigenvalue weighted by Crippen LogP contribution is -2.28. The van der Waals surface area contributed by atoms with Crippen molar-refractivity contribution in [3.63, 3.8) is 0 Å². The van der Waals surface area contributed by atoms with Crippen LogP contribution in [0.1, 0.15) is 22.2 Å². The summed E-state index contributed by atoms with van der Waals surface area (Å²) >= 11 is 8.71. The summed E-state index contributed by atoms with van der Waals surface area (Å²) in [4.78, 5) is 5.68. The first-order chi connectivity index (χ1) is 10.1. The van der Waals surface area contributed by atoms with Crippen LogP contribution >= 0.6 is 43.2 Å². The van der Waals surface area contributed by atoms with Crippen LogP contribution < -0.4 is 11.3 Å². The Kier molecular flexibility index (Phi) is 4.42. The van der Waals surface area contributed by atoms with Gasteiger partial charge in [0.05, 0.1) is 15.3 Å². The Hall–Kier alpha value is -0.790. The van der Waals surface area contributed by atoms with Crippen molar-refractivity contribution in [3.05, 3.63) is 60.8 Å². The van der Waals surface area contributed by atoms with E-state index in [4.69, 9.17) is 5.84 Å². The number of nitrogens with two attached hydrogens (primary N) is 1. The van der Waals surface area contributed by atoms with Crippen molar-refractivity contribution >= 4 is 54.1 Å². The third kappa shape index (κ3) is 3.05. The van der Waals surface area contributed by atoms with Crippen LogP contribution in [0.3, 0.4) is 0 Å². The van der Waals surface area contributed by atoms with Crippen LogP contribution in [-0.4, -0.2) is 4.98 Å². The zero-order chi connectivity index (χ0) is 15.0. The maximum absolute atomic E-state index is 5.77. The van der Waals surface area contributed by atoms with E-state index in [-0.39, 0.29) is 6.04 Å². The Morgan fingerprint density at radius 2 is 2.00 bits per heavy atom. The summed E-state index contributed by atoms with van der Waals surface area (Å²) in [5.41, 5.74) is 6.05. The number of thiophene rings is 1. The average molecular weight is 427 g/mol. The fourth-order valence-electron chi connectivity index (χ4n) is 2.27. The lowest BCUT2D eigenvalue weighted by molar-refractivity contribution is 0.647. The van der Waals surface area contributed by atoms with Gasteiger partial charge in [-0.05, 0) is 68.6 Å². The van der Waals surface area contributed by atoms with Gasteiger partial charge in [-0.2, -0.15) is 0 Å². The normalized spacial score (nSPS) is 12.8. The molecular weight excluding hydrogens is 414 g/mol. The average Bonchev–Trinajstić information content (AvgIpc) is 2.79. The van der Waals surface area contributed by atoms with E-state index in [1.54, 1.807) is 11.3 Å². The molecule has 3 aromatic rings. The van der Waals surface area contributed by atoms with Crippen molar-refractivity contribution in [1.82, 2.24) is 10.4 Å². The van der Waals surface area contributed by atoms with E-state index in [2.05, 4.69) is 66.5 Å². The molecule has 1 unspecified atom stereocenters. The van der Waals surface area contributed by atoms with E-state index in [1.807, 2.05) is 19.1 Å². The first-order valence-electron chi connectivity index (χ1n) is 6.36. The van der Waals surface area contributed by atoms with Gasteiger partial charge in [0.25, 0.3) is 0 Å². The number of hydrazine groups is 1. The lowest BCUT2D eigenvalue weighted by Gasteiger charge is -2.15. The summed E-state index contributed by atoms with van der Waals surface area (Å²) in [5, 5.41) is 1.12. The number of aryl methyl sites for hydroxylation is 1. The molecule has 0 aliphatic carbocycles. The number of pyridine rings is 1. The number of nitrogens with zero attached hydrogens (tertiary/aromatic N) is 1. The molecule has 0 radical (unpaired) electrons. The molecule has 3 nitrogen and oxygen atoms in total. The van der Waals surface area contributed by atoms with Crippen LogP contribution in [0.2, 0.25) is 0 Å². The molecular formula is C15H13Br2N3S. The molecule has 2 aromatic heterocycles. The minimum Gasteiger partial charge on any atom is -0.271 e. The Morgan fingerprint density at radius 3 is 2.67 bits per heavy atom. The van der Waals surface area contributed by atoms with Gasteiger partial charge in [-0.3, -0.25) is 10.8 Å². The fraction of sp³-hybridized carbons (Fsp3) is 0.133. The van der Waals surface area contributed by atoms with Crippen LogP contribution in [0, 0.1) is 6.92 Å². The largest absolute Gasteiger partial charge is 0.271 e. The number of hydrogen-bond acceptors (Lipinski definition) is 4. The Bertz CT molecular complexity index is 781. The molecule has 0 fully saturated rings. The molecule has 21 heavy (non-hydrogen) atoms. The molecule has 0 aliphatic rings. The standard InChI is InChI=1S/C15H13Br2N3S/c1-8-2-3-9-6-10(4-5-12(9)19-8)14(20-18)13-7-11(16)15(17)21-13/h2-7,14,20H,18H2,1H3. The summed E-state index contributed by atoms with van der Waals surface area (Å²) in [7, 11) is 0. The number of halogens is 2. The third-order valence-electron chi connectivity index (χ3n) is 3.30. The molecule has 3 rings (SSSR count). The molecule has 0 saturated heterocycles. The summed E-state index contributed by atoms with van der Waals surface area (Å²) in [6.07, 6.45) is 0. The zero-order valence-electron chi connectivity index (χ0n) is 11.2. The highest BCUT2D eigenvalue weighted by atomic mass is 79.9. The van der Waals surface area contributed by atoms with Gasteiger partial charge in [-0.1, -0.05) is 12.1 Å². The quantitative estimate of drug-likeness (QED) is 0.472. The first-order valence-corrected chi connectivity index (χ1v) is 8.77. The maximum Gasteiger partial charge on any atom is 0.0843 e. The lowest BCUT2D eigenvalue weighted by atomic mass is 10.0. The zero-order valence-corrected chi connectivity index (χ0v) is 15.2. The third-order valence-corrected chi connectivity index (χ3v) is 6.62. The van der Waals surface area contributed by atoms with Gasteiger partial charge in [-0.15, -0.1) is 11.3 Å². The number of rotatable bonds is 3. The van der Waals surface area contributed by atoms with Gasteiger partial charge in [0.2, 0.25) is 0 Å². The van der Waals surface area contributed by atoms with E-state index in [0.29, 0.717) is 0 Å². The summed E-state index contributed by atoms with van der Waals surface area (Å²) in [5.74, 6) is 5.77. The van der Waals surface area contributed by atoms with E-state index < -0.39 is 0 Å². The Balaban J connectivity index is 2.06. The molecule has 3 N–H and O–H groups in total. The topological polar surface area (TPSA) is 50.9 Å². The molecule has 1 aromatic carbocycles. The van der Waals surface area contributed by atoms with Crippen LogP contribution in [0.15, 0.2) is 44.7 Å². The highest BCUT2D eigenvalue weighted by Gasteiger charge is 2.17. The van der Waals surface area contributed by atoms with Crippen molar-refractivity contribution in [2.24, 2.45) is 5.84 Å². The first kappa shape index (κ1) is 15.1. The molecule has 0 saturated carbocycles. The second-order valence-corrected chi connectivity index (χ2v) is 8.03. The van der Waals surface area contributed by atoms with Gasteiger partial charge in [0, 0.05) is 20.4 Å². The molecule has 0 bridgehead atoms. The van der Waals surface area contributed by atoms with Gasteiger partial charge >= 0.3 is 0 Å². The van der Waals surface area contributed by atoms with Gasteiger partial charge in [-0.25, -0.2) is 5.43 Å². The van der Waals surface area contributed by atoms with Crippen LogP contribution in [0.4, 0.5) is 0 Å². The number of hydrogen-bond donors (Lipinski definition) is 2. The summed E-state index contributed by atoms with van der Waals surface area (Å²) in [6.45, 7) is 2.00. The van der Waals surface area contributed by atoms with E-state index in [9.17, 15) is 0 Å². The maximum atomic E-state index is 5.77. The van der Waals surface area contributed by atoms with Crippen molar-refractivity contribution in [2.45, 2.75) is 13.0 Å². The molecule has 6 heteroatoms. The second-order valence-electron chi connectivity index (χ2n) is 4.77.